The van der Waals surface area contributed by atoms with Crippen LogP contribution in [-0.4, -0.2) is 5.97 Å². The third-order valence-corrected chi connectivity index (χ3v) is 5.37. The Kier molecular flexibility index (Phi) is 5.67. The van der Waals surface area contributed by atoms with Gasteiger partial charge in [0.05, 0.1) is 10.9 Å². The van der Waals surface area contributed by atoms with Gasteiger partial charge in [-0.15, -0.1) is 0 Å². The normalized spacial score (nSPS) is 10.7. The molecule has 5 heteroatoms. The van der Waals surface area contributed by atoms with E-state index in [4.69, 9.17) is 13.9 Å². The van der Waals surface area contributed by atoms with Gasteiger partial charge in [-0.25, -0.2) is 4.79 Å². The molecule has 0 aliphatic carbocycles. The zero-order valence-electron chi connectivity index (χ0n) is 18.4. The molecule has 0 saturated carbocycles. The summed E-state index contributed by atoms with van der Waals surface area (Å²) in [4.78, 5) is 25.4. The summed E-state index contributed by atoms with van der Waals surface area (Å²) in [5, 5.41) is 0.331. The third-order valence-electron chi connectivity index (χ3n) is 5.37. The number of ether oxygens (including phenoxy) is 2. The highest BCUT2D eigenvalue weighted by Crippen LogP contribution is 2.25. The molecular weight excluding hydrogens is 428 g/mol. The van der Waals surface area contributed by atoms with E-state index >= 15 is 0 Å². The topological polar surface area (TPSA) is 65.7 Å². The standard InChI is InChI=1S/C29H20O5/c1-19-6-5-9-23(16-19)33-27-18-32-26-17-24(14-15-25(26)28(27)30)34-29(31)22-12-10-21(11-13-22)20-7-3-2-4-8-20/h2-18H,1H3. The van der Waals surface area contributed by atoms with Gasteiger partial charge in [0, 0.05) is 6.07 Å². The van der Waals surface area contributed by atoms with Gasteiger partial charge in [-0.3, -0.25) is 4.79 Å². The van der Waals surface area contributed by atoms with Crippen molar-refractivity contribution in [2.45, 2.75) is 6.92 Å². The van der Waals surface area contributed by atoms with Gasteiger partial charge in [-0.1, -0.05) is 54.6 Å². The lowest BCUT2D eigenvalue weighted by Gasteiger charge is -2.08. The lowest BCUT2D eigenvalue weighted by molar-refractivity contribution is 0.0735. The minimum absolute atomic E-state index is 0.0846. The molecule has 0 spiro atoms. The maximum Gasteiger partial charge on any atom is 0.343 e. The Morgan fingerprint density at radius 1 is 0.765 bits per heavy atom. The van der Waals surface area contributed by atoms with Crippen LogP contribution in [0.3, 0.4) is 0 Å². The molecule has 34 heavy (non-hydrogen) atoms. The number of rotatable bonds is 5. The van der Waals surface area contributed by atoms with Crippen LogP contribution in [0.15, 0.2) is 113 Å². The van der Waals surface area contributed by atoms with E-state index in [1.165, 1.54) is 12.3 Å². The number of esters is 1. The number of carbonyl (C=O) groups is 1. The zero-order valence-corrected chi connectivity index (χ0v) is 18.4. The fourth-order valence-corrected chi connectivity index (χ4v) is 3.63. The van der Waals surface area contributed by atoms with Crippen LogP contribution in [0.1, 0.15) is 15.9 Å². The van der Waals surface area contributed by atoms with E-state index in [-0.39, 0.29) is 16.9 Å². The molecule has 0 aliphatic heterocycles. The van der Waals surface area contributed by atoms with Crippen molar-refractivity contribution in [3.8, 4) is 28.4 Å². The molecule has 0 fully saturated rings. The van der Waals surface area contributed by atoms with E-state index in [1.54, 1.807) is 30.3 Å². The second kappa shape index (κ2) is 9.08. The first-order chi connectivity index (χ1) is 16.6. The number of fused-ring (bicyclic) bond motifs is 1. The molecule has 0 atom stereocenters. The Hall–Kier alpha value is -4.64. The Morgan fingerprint density at radius 2 is 1.53 bits per heavy atom. The van der Waals surface area contributed by atoms with Crippen LogP contribution >= 0.6 is 0 Å². The Bertz CT molecular complexity index is 1530. The van der Waals surface area contributed by atoms with Crippen molar-refractivity contribution in [2.75, 3.05) is 0 Å². The van der Waals surface area contributed by atoms with Crippen LogP contribution in [-0.2, 0) is 0 Å². The molecule has 0 bridgehead atoms. The number of aryl methyl sites for hydroxylation is 1. The molecule has 0 unspecified atom stereocenters. The van der Waals surface area contributed by atoms with Gasteiger partial charge in [0.1, 0.15) is 23.3 Å². The van der Waals surface area contributed by atoms with Gasteiger partial charge in [-0.2, -0.15) is 0 Å². The first kappa shape index (κ1) is 21.2. The molecule has 0 amide bonds. The van der Waals surface area contributed by atoms with Crippen LogP contribution in [0, 0.1) is 6.92 Å². The molecule has 1 heterocycles. The third kappa shape index (κ3) is 4.45. The van der Waals surface area contributed by atoms with E-state index < -0.39 is 5.97 Å². The van der Waals surface area contributed by atoms with Crippen molar-refractivity contribution < 1.29 is 18.7 Å². The van der Waals surface area contributed by atoms with Crippen molar-refractivity contribution in [1.29, 1.82) is 0 Å². The fourth-order valence-electron chi connectivity index (χ4n) is 3.63. The molecular formula is C29H20O5. The predicted molar refractivity (Wildman–Crippen MR) is 131 cm³/mol. The second-order valence-electron chi connectivity index (χ2n) is 7.84. The van der Waals surface area contributed by atoms with Crippen LogP contribution in [0.5, 0.6) is 17.2 Å². The van der Waals surface area contributed by atoms with Gasteiger partial charge in [0.15, 0.2) is 0 Å². The first-order valence-electron chi connectivity index (χ1n) is 10.7. The van der Waals surface area contributed by atoms with Crippen molar-refractivity contribution in [1.82, 2.24) is 0 Å². The van der Waals surface area contributed by atoms with Crippen LogP contribution in [0.25, 0.3) is 22.1 Å². The lowest BCUT2D eigenvalue weighted by atomic mass is 10.0. The highest BCUT2D eigenvalue weighted by molar-refractivity contribution is 5.92. The van der Waals surface area contributed by atoms with Gasteiger partial charge in [0.2, 0.25) is 11.2 Å². The summed E-state index contributed by atoms with van der Waals surface area (Å²) in [6.45, 7) is 1.94. The molecule has 5 aromatic rings. The van der Waals surface area contributed by atoms with Crippen molar-refractivity contribution in [3.05, 3.63) is 125 Å². The quantitative estimate of drug-likeness (QED) is 0.219. The molecule has 0 saturated heterocycles. The van der Waals surface area contributed by atoms with E-state index in [0.717, 1.165) is 16.7 Å². The largest absolute Gasteiger partial charge is 0.460 e. The smallest absolute Gasteiger partial charge is 0.343 e. The SMILES string of the molecule is Cc1cccc(Oc2coc3cc(OC(=O)c4ccc(-c5ccccc5)cc4)ccc3c2=O)c1. The number of carbonyl (C=O) groups excluding carboxylic acids is 1. The van der Waals surface area contributed by atoms with Crippen molar-refractivity contribution in [3.63, 3.8) is 0 Å². The van der Waals surface area contributed by atoms with E-state index in [0.29, 0.717) is 22.3 Å². The van der Waals surface area contributed by atoms with Crippen molar-refractivity contribution in [2.24, 2.45) is 0 Å². The van der Waals surface area contributed by atoms with Crippen LogP contribution in [0.2, 0.25) is 0 Å². The monoisotopic (exact) mass is 448 g/mol. The van der Waals surface area contributed by atoms with Crippen molar-refractivity contribution >= 4 is 16.9 Å². The summed E-state index contributed by atoms with van der Waals surface area (Å²) < 4.78 is 16.8. The molecule has 5 rings (SSSR count). The molecule has 5 nitrogen and oxygen atoms in total. The highest BCUT2D eigenvalue weighted by atomic mass is 16.5. The van der Waals surface area contributed by atoms with Gasteiger partial charge >= 0.3 is 5.97 Å². The highest BCUT2D eigenvalue weighted by Gasteiger charge is 2.13. The maximum atomic E-state index is 12.8. The first-order valence-corrected chi connectivity index (χ1v) is 10.7. The zero-order chi connectivity index (χ0) is 23.5. The fraction of sp³-hybridized carbons (Fsp3) is 0.0345. The lowest BCUT2D eigenvalue weighted by Crippen LogP contribution is -2.09. The summed E-state index contributed by atoms with van der Waals surface area (Å²) in [6.07, 6.45) is 1.26. The second-order valence-corrected chi connectivity index (χ2v) is 7.84. The predicted octanol–water partition coefficient (Wildman–Crippen LogP) is 6.78. The summed E-state index contributed by atoms with van der Waals surface area (Å²) in [5.41, 5.74) is 3.50. The number of hydrogen-bond acceptors (Lipinski definition) is 5. The van der Waals surface area contributed by atoms with E-state index in [1.807, 2.05) is 67.6 Å². The molecule has 4 aromatic carbocycles. The molecule has 0 radical (unpaired) electrons. The van der Waals surface area contributed by atoms with Gasteiger partial charge in [-0.05, 0) is 60.0 Å². The summed E-state index contributed by atoms with van der Waals surface area (Å²) in [7, 11) is 0. The molecule has 0 aliphatic rings. The Morgan fingerprint density at radius 3 is 2.29 bits per heavy atom. The van der Waals surface area contributed by atoms with Gasteiger partial charge in [0.25, 0.3) is 0 Å². The molecule has 166 valence electrons. The summed E-state index contributed by atoms with van der Waals surface area (Å²) in [6, 6.07) is 29.1. The summed E-state index contributed by atoms with van der Waals surface area (Å²) >= 11 is 0. The summed E-state index contributed by atoms with van der Waals surface area (Å²) in [5.74, 6) is 0.415. The van der Waals surface area contributed by atoms with E-state index in [9.17, 15) is 9.59 Å². The molecule has 0 N–H and O–H groups in total. The minimum Gasteiger partial charge on any atom is -0.460 e. The van der Waals surface area contributed by atoms with Crippen LogP contribution < -0.4 is 14.9 Å². The number of hydrogen-bond donors (Lipinski definition) is 0. The maximum absolute atomic E-state index is 12.8. The molecule has 1 aromatic heterocycles. The average Bonchev–Trinajstić information content (AvgIpc) is 2.86. The Balaban J connectivity index is 1.34. The van der Waals surface area contributed by atoms with E-state index in [2.05, 4.69) is 0 Å². The number of benzene rings is 4. The van der Waals surface area contributed by atoms with Gasteiger partial charge < -0.3 is 13.9 Å². The minimum atomic E-state index is -0.499. The average molecular weight is 448 g/mol. The van der Waals surface area contributed by atoms with Crippen LogP contribution in [0.4, 0.5) is 0 Å². The Labute approximate surface area is 195 Å².